The number of nitrogens with one attached hydrogen (secondary N) is 1. The minimum Gasteiger partial charge on any atom is -0.375 e. The van der Waals surface area contributed by atoms with Gasteiger partial charge < -0.3 is 9.64 Å². The van der Waals surface area contributed by atoms with Gasteiger partial charge >= 0.3 is 0 Å². The van der Waals surface area contributed by atoms with Crippen molar-refractivity contribution in [1.82, 2.24) is 4.90 Å². The molecule has 1 aliphatic heterocycles. The Kier molecular flexibility index (Phi) is 3.20. The highest BCUT2D eigenvalue weighted by Crippen LogP contribution is 2.22. The van der Waals surface area contributed by atoms with Gasteiger partial charge in [-0.2, -0.15) is 0 Å². The first-order chi connectivity index (χ1) is 6.32. The van der Waals surface area contributed by atoms with Crippen molar-refractivity contribution in [2.75, 3.05) is 13.2 Å². The van der Waals surface area contributed by atoms with Crippen molar-refractivity contribution in [3.05, 3.63) is 0 Å². The van der Waals surface area contributed by atoms with Crippen molar-refractivity contribution < 1.29 is 4.74 Å². The zero-order valence-corrected chi connectivity index (χ0v) is 9.92. The number of rotatable bonds is 0. The average molecular weight is 198 g/mol. The molecular weight excluding hydrogens is 176 g/mol. The quantitative estimate of drug-likeness (QED) is 0.478. The van der Waals surface area contributed by atoms with Crippen LogP contribution in [0.5, 0.6) is 0 Å². The minimum absolute atomic E-state index is 0.0642. The van der Waals surface area contributed by atoms with Crippen LogP contribution in [0, 0.1) is 10.8 Å². The van der Waals surface area contributed by atoms with E-state index >= 15 is 0 Å². The molecule has 1 aliphatic rings. The Morgan fingerprint density at radius 3 is 2.43 bits per heavy atom. The first-order valence-electron chi connectivity index (χ1n) is 5.29. The summed E-state index contributed by atoms with van der Waals surface area (Å²) in [5.41, 5.74) is -0.0642. The van der Waals surface area contributed by atoms with Crippen LogP contribution in [0.15, 0.2) is 0 Å². The Bertz CT molecular complexity index is 220. The number of ether oxygens (including phenoxy) is 1. The van der Waals surface area contributed by atoms with Crippen LogP contribution in [0.1, 0.15) is 34.6 Å². The Balaban J connectivity index is 2.70. The van der Waals surface area contributed by atoms with Crippen molar-refractivity contribution >= 4 is 5.84 Å². The molecule has 0 radical (unpaired) electrons. The molecule has 0 saturated carbocycles. The highest BCUT2D eigenvalue weighted by atomic mass is 16.5. The maximum atomic E-state index is 8.13. The van der Waals surface area contributed by atoms with Crippen LogP contribution < -0.4 is 0 Å². The van der Waals surface area contributed by atoms with Gasteiger partial charge in [0, 0.05) is 12.0 Å². The van der Waals surface area contributed by atoms with Crippen LogP contribution in [-0.2, 0) is 4.74 Å². The minimum atomic E-state index is -0.0642. The van der Waals surface area contributed by atoms with Gasteiger partial charge in [-0.15, -0.1) is 0 Å². The fourth-order valence-electron chi connectivity index (χ4n) is 1.65. The maximum absolute atomic E-state index is 8.13. The first kappa shape index (κ1) is 11.5. The molecule has 3 nitrogen and oxygen atoms in total. The molecule has 0 amide bonds. The van der Waals surface area contributed by atoms with Crippen molar-refractivity contribution in [2.45, 2.75) is 46.8 Å². The third-order valence-corrected chi connectivity index (χ3v) is 2.61. The van der Waals surface area contributed by atoms with Crippen LogP contribution in [-0.4, -0.2) is 36.0 Å². The fourth-order valence-corrected chi connectivity index (χ4v) is 1.65. The van der Waals surface area contributed by atoms with E-state index in [1.807, 2.05) is 0 Å². The predicted molar refractivity (Wildman–Crippen MR) is 58.8 cm³/mol. The monoisotopic (exact) mass is 198 g/mol. The number of hydrogen-bond donors (Lipinski definition) is 1. The topological polar surface area (TPSA) is 36.3 Å². The number of amidine groups is 1. The molecule has 0 aromatic rings. The third-order valence-electron chi connectivity index (χ3n) is 2.61. The summed E-state index contributed by atoms with van der Waals surface area (Å²) in [6.45, 7) is 12.0. The summed E-state index contributed by atoms with van der Waals surface area (Å²) < 4.78 is 5.54. The largest absolute Gasteiger partial charge is 0.375 e. The molecule has 1 saturated heterocycles. The highest BCUT2D eigenvalue weighted by molar-refractivity contribution is 5.84. The van der Waals surface area contributed by atoms with E-state index in [0.29, 0.717) is 6.04 Å². The lowest BCUT2D eigenvalue weighted by atomic mass is 9.93. The molecule has 14 heavy (non-hydrogen) atoms. The molecule has 2 atom stereocenters. The van der Waals surface area contributed by atoms with E-state index in [4.69, 9.17) is 10.1 Å². The van der Waals surface area contributed by atoms with E-state index in [9.17, 15) is 0 Å². The molecule has 0 spiro atoms. The van der Waals surface area contributed by atoms with E-state index < -0.39 is 0 Å². The Morgan fingerprint density at radius 2 is 1.93 bits per heavy atom. The maximum Gasteiger partial charge on any atom is 0.102 e. The van der Waals surface area contributed by atoms with E-state index in [0.717, 1.165) is 19.0 Å². The molecule has 0 aromatic carbocycles. The predicted octanol–water partition coefficient (Wildman–Crippen LogP) is 2.12. The summed E-state index contributed by atoms with van der Waals surface area (Å²) in [7, 11) is 0. The Hall–Kier alpha value is -0.570. The van der Waals surface area contributed by atoms with Crippen molar-refractivity contribution in [2.24, 2.45) is 5.41 Å². The van der Waals surface area contributed by atoms with Gasteiger partial charge in [-0.3, -0.25) is 5.41 Å². The fraction of sp³-hybridized carbons (Fsp3) is 0.909. The summed E-state index contributed by atoms with van der Waals surface area (Å²) in [6.07, 6.45) is 0.244. The van der Waals surface area contributed by atoms with Gasteiger partial charge in [0.05, 0.1) is 18.8 Å². The molecule has 1 rings (SSSR count). The molecule has 1 N–H and O–H groups in total. The van der Waals surface area contributed by atoms with Crippen LogP contribution in [0.3, 0.4) is 0 Å². The second-order valence-corrected chi connectivity index (χ2v) is 5.24. The lowest BCUT2D eigenvalue weighted by Gasteiger charge is -2.42. The van der Waals surface area contributed by atoms with Crippen molar-refractivity contribution in [1.29, 1.82) is 5.41 Å². The van der Waals surface area contributed by atoms with E-state index in [1.165, 1.54) is 0 Å². The molecule has 2 unspecified atom stereocenters. The molecular formula is C11H22N2O. The summed E-state index contributed by atoms with van der Waals surface area (Å²) in [5.74, 6) is 0.722. The normalized spacial score (nSPS) is 29.1. The van der Waals surface area contributed by atoms with Gasteiger partial charge in [0.1, 0.15) is 5.84 Å². The lowest BCUT2D eigenvalue weighted by Crippen LogP contribution is -2.53. The Labute approximate surface area is 86.9 Å². The zero-order chi connectivity index (χ0) is 10.9. The van der Waals surface area contributed by atoms with Crippen molar-refractivity contribution in [3.63, 3.8) is 0 Å². The summed E-state index contributed by atoms with van der Waals surface area (Å²) in [4.78, 5) is 2.16. The van der Waals surface area contributed by atoms with Gasteiger partial charge in [0.2, 0.25) is 0 Å². The first-order valence-corrected chi connectivity index (χ1v) is 5.29. The third kappa shape index (κ3) is 2.47. The molecule has 0 aliphatic carbocycles. The Morgan fingerprint density at radius 1 is 1.36 bits per heavy atom. The van der Waals surface area contributed by atoms with Gasteiger partial charge in [-0.1, -0.05) is 20.8 Å². The van der Waals surface area contributed by atoms with E-state index in [-0.39, 0.29) is 11.5 Å². The average Bonchev–Trinajstić information content (AvgIpc) is 2.06. The van der Waals surface area contributed by atoms with Gasteiger partial charge in [-0.25, -0.2) is 0 Å². The number of morpholine rings is 1. The molecule has 0 aromatic heterocycles. The van der Waals surface area contributed by atoms with Crippen LogP contribution in [0.4, 0.5) is 0 Å². The summed E-state index contributed by atoms with van der Waals surface area (Å²) >= 11 is 0. The second kappa shape index (κ2) is 3.89. The highest BCUT2D eigenvalue weighted by Gasteiger charge is 2.30. The molecule has 82 valence electrons. The molecule has 0 bridgehead atoms. The second-order valence-electron chi connectivity index (χ2n) is 5.24. The van der Waals surface area contributed by atoms with Crippen LogP contribution in [0.2, 0.25) is 0 Å². The van der Waals surface area contributed by atoms with E-state index in [2.05, 4.69) is 39.5 Å². The van der Waals surface area contributed by atoms with Gasteiger partial charge in [0.15, 0.2) is 0 Å². The zero-order valence-electron chi connectivity index (χ0n) is 9.92. The summed E-state index contributed by atoms with van der Waals surface area (Å²) in [6, 6.07) is 0.331. The molecule has 1 heterocycles. The molecule has 1 fully saturated rings. The molecule has 3 heteroatoms. The standard InChI is InChI=1S/C11H22N2O/c1-8-7-14-9(2)6-13(8)10(12)11(3,4)5/h8-9,12H,6-7H2,1-5H3. The van der Waals surface area contributed by atoms with E-state index in [1.54, 1.807) is 0 Å². The number of nitrogens with zero attached hydrogens (tertiary/aromatic N) is 1. The lowest BCUT2D eigenvalue weighted by molar-refractivity contribution is -0.0253. The number of hydrogen-bond acceptors (Lipinski definition) is 2. The smallest absolute Gasteiger partial charge is 0.102 e. The SMILES string of the molecule is CC1CN(C(=N)C(C)(C)C)C(C)CO1. The van der Waals surface area contributed by atoms with Crippen LogP contribution >= 0.6 is 0 Å². The van der Waals surface area contributed by atoms with Crippen molar-refractivity contribution in [3.8, 4) is 0 Å². The van der Waals surface area contributed by atoms with Crippen LogP contribution in [0.25, 0.3) is 0 Å². The summed E-state index contributed by atoms with van der Waals surface area (Å²) in [5, 5.41) is 8.13. The van der Waals surface area contributed by atoms with Gasteiger partial charge in [0.25, 0.3) is 0 Å². The van der Waals surface area contributed by atoms with Gasteiger partial charge in [-0.05, 0) is 13.8 Å².